The fraction of sp³-hybridized carbons (Fsp3) is 0.611. The summed E-state index contributed by atoms with van der Waals surface area (Å²) in [5.74, 6) is 0.318. The summed E-state index contributed by atoms with van der Waals surface area (Å²) < 4.78 is 5.58. The summed E-state index contributed by atoms with van der Waals surface area (Å²) in [7, 11) is 0. The predicted molar refractivity (Wildman–Crippen MR) is 88.5 cm³/mol. The number of hydrogen-bond donors (Lipinski definition) is 2. The smallest absolute Gasteiger partial charge is 0.308 e. The molecular formula is C18H29NO3. The molecule has 0 fully saturated rings. The van der Waals surface area contributed by atoms with E-state index in [-0.39, 0.29) is 22.8 Å². The molecule has 0 saturated carbocycles. The topological polar surface area (TPSA) is 58.6 Å². The minimum absolute atomic E-state index is 0.185. The molecule has 0 heterocycles. The molecule has 4 heteroatoms. The van der Waals surface area contributed by atoms with Gasteiger partial charge in [-0.25, -0.2) is 0 Å². The zero-order chi connectivity index (χ0) is 17.3. The van der Waals surface area contributed by atoms with Crippen molar-refractivity contribution in [3.63, 3.8) is 0 Å². The fourth-order valence-corrected chi connectivity index (χ4v) is 2.34. The highest BCUT2D eigenvalue weighted by atomic mass is 16.5. The van der Waals surface area contributed by atoms with E-state index < -0.39 is 0 Å². The maximum atomic E-state index is 11.6. The third-order valence-electron chi connectivity index (χ3n) is 3.67. The first-order valence-corrected chi connectivity index (χ1v) is 7.65. The number of benzene rings is 1. The van der Waals surface area contributed by atoms with Crippen LogP contribution in [0, 0.1) is 0 Å². The lowest BCUT2D eigenvalue weighted by atomic mass is 9.77. The summed E-state index contributed by atoms with van der Waals surface area (Å²) in [6.45, 7) is 15.8. The van der Waals surface area contributed by atoms with Crippen LogP contribution in [0.5, 0.6) is 5.75 Å². The molecule has 1 rings (SSSR count). The number of carbonyl (C=O) groups is 1. The lowest BCUT2D eigenvalue weighted by molar-refractivity contribution is -0.132. The lowest BCUT2D eigenvalue weighted by Crippen LogP contribution is -2.23. The third kappa shape index (κ3) is 4.31. The highest BCUT2D eigenvalue weighted by molar-refractivity contribution is 5.71. The van der Waals surface area contributed by atoms with Crippen LogP contribution in [0.3, 0.4) is 0 Å². The molecule has 0 aliphatic heterocycles. The molecular weight excluding hydrogens is 278 g/mol. The number of ether oxygens (including phenoxy) is 1. The second kappa shape index (κ2) is 6.39. The highest BCUT2D eigenvalue weighted by Gasteiger charge is 2.29. The molecule has 0 bridgehead atoms. The summed E-state index contributed by atoms with van der Waals surface area (Å²) in [6, 6.07) is 3.80. The van der Waals surface area contributed by atoms with Crippen molar-refractivity contribution >= 4 is 5.97 Å². The molecule has 0 saturated heterocycles. The van der Waals surface area contributed by atoms with Crippen LogP contribution >= 0.6 is 0 Å². The van der Waals surface area contributed by atoms with E-state index in [1.165, 1.54) is 6.92 Å². The fourth-order valence-electron chi connectivity index (χ4n) is 2.34. The summed E-state index contributed by atoms with van der Waals surface area (Å²) in [6.07, 6.45) is 0. The molecule has 0 aliphatic rings. The van der Waals surface area contributed by atoms with Crippen LogP contribution in [-0.4, -0.2) is 11.2 Å². The Hall–Kier alpha value is -1.39. The van der Waals surface area contributed by atoms with E-state index in [1.54, 1.807) is 0 Å². The standard InChI is InChI=1S/C18H29NO3/c1-11(19-21)13-9-14(17(3,4)5)16(22-12(2)20)15(10-13)18(6,7)8/h9-11,19,21H,1-8H3. The monoisotopic (exact) mass is 307 g/mol. The molecule has 1 aromatic rings. The minimum atomic E-state index is -0.322. The Bertz CT molecular complexity index is 515. The van der Waals surface area contributed by atoms with Gasteiger partial charge in [-0.1, -0.05) is 41.5 Å². The van der Waals surface area contributed by atoms with E-state index in [9.17, 15) is 10.0 Å². The van der Waals surface area contributed by atoms with Crippen LogP contribution in [0.1, 0.15) is 78.1 Å². The number of hydroxylamine groups is 1. The average molecular weight is 307 g/mol. The van der Waals surface area contributed by atoms with E-state index in [2.05, 4.69) is 47.0 Å². The van der Waals surface area contributed by atoms with Crippen molar-refractivity contribution in [1.82, 2.24) is 5.48 Å². The molecule has 0 spiro atoms. The number of carbonyl (C=O) groups excluding carboxylic acids is 1. The van der Waals surface area contributed by atoms with Gasteiger partial charge in [-0.15, -0.1) is 0 Å². The molecule has 0 aliphatic carbocycles. The zero-order valence-electron chi connectivity index (χ0n) is 15.0. The van der Waals surface area contributed by atoms with Gasteiger partial charge in [-0.05, 0) is 35.4 Å². The van der Waals surface area contributed by atoms with Gasteiger partial charge in [0.05, 0.1) is 6.04 Å². The Morgan fingerprint density at radius 1 is 1.09 bits per heavy atom. The van der Waals surface area contributed by atoms with Crippen LogP contribution in [0.4, 0.5) is 0 Å². The van der Waals surface area contributed by atoms with Crippen molar-refractivity contribution in [2.75, 3.05) is 0 Å². The molecule has 0 amide bonds. The zero-order valence-corrected chi connectivity index (χ0v) is 15.0. The average Bonchev–Trinajstić information content (AvgIpc) is 2.34. The lowest BCUT2D eigenvalue weighted by Gasteiger charge is -2.30. The van der Waals surface area contributed by atoms with Crippen molar-refractivity contribution in [2.45, 2.75) is 72.3 Å². The molecule has 124 valence electrons. The van der Waals surface area contributed by atoms with E-state index in [0.29, 0.717) is 5.75 Å². The summed E-state index contributed by atoms with van der Waals surface area (Å²) in [5.41, 5.74) is 4.82. The molecule has 0 aromatic heterocycles. The van der Waals surface area contributed by atoms with Gasteiger partial charge in [0.15, 0.2) is 0 Å². The first-order valence-electron chi connectivity index (χ1n) is 7.65. The van der Waals surface area contributed by atoms with E-state index >= 15 is 0 Å². The Morgan fingerprint density at radius 3 is 1.77 bits per heavy atom. The number of esters is 1. The quantitative estimate of drug-likeness (QED) is 0.498. The Labute approximate surface area is 133 Å². The van der Waals surface area contributed by atoms with Gasteiger partial charge >= 0.3 is 5.97 Å². The number of hydrogen-bond acceptors (Lipinski definition) is 4. The second-order valence-corrected chi connectivity index (χ2v) is 7.89. The van der Waals surface area contributed by atoms with E-state index in [4.69, 9.17) is 4.74 Å². The number of rotatable bonds is 3. The Balaban J connectivity index is 3.73. The van der Waals surface area contributed by atoms with Crippen LogP contribution in [-0.2, 0) is 15.6 Å². The number of nitrogens with one attached hydrogen (secondary N) is 1. The van der Waals surface area contributed by atoms with Gasteiger partial charge in [0.2, 0.25) is 0 Å². The van der Waals surface area contributed by atoms with Gasteiger partial charge in [0.25, 0.3) is 0 Å². The third-order valence-corrected chi connectivity index (χ3v) is 3.67. The first kappa shape index (κ1) is 18.7. The summed E-state index contributed by atoms with van der Waals surface area (Å²) in [5, 5.41) is 9.25. The van der Waals surface area contributed by atoms with Crippen LogP contribution < -0.4 is 10.2 Å². The van der Waals surface area contributed by atoms with Crippen molar-refractivity contribution < 1.29 is 14.7 Å². The molecule has 1 aromatic carbocycles. The molecule has 1 unspecified atom stereocenters. The summed E-state index contributed by atoms with van der Waals surface area (Å²) >= 11 is 0. The van der Waals surface area contributed by atoms with E-state index in [0.717, 1.165) is 16.7 Å². The van der Waals surface area contributed by atoms with Crippen LogP contribution in [0.2, 0.25) is 0 Å². The molecule has 22 heavy (non-hydrogen) atoms. The summed E-state index contributed by atoms with van der Waals surface area (Å²) in [4.78, 5) is 11.6. The normalized spacial score (nSPS) is 13.9. The van der Waals surface area contributed by atoms with Gasteiger partial charge in [-0.3, -0.25) is 4.79 Å². The van der Waals surface area contributed by atoms with Crippen molar-refractivity contribution in [3.8, 4) is 5.75 Å². The van der Waals surface area contributed by atoms with Gasteiger partial charge in [-0.2, -0.15) is 5.48 Å². The maximum absolute atomic E-state index is 11.6. The molecule has 2 N–H and O–H groups in total. The maximum Gasteiger partial charge on any atom is 0.308 e. The van der Waals surface area contributed by atoms with Gasteiger partial charge in [0.1, 0.15) is 5.75 Å². The van der Waals surface area contributed by atoms with Crippen molar-refractivity contribution in [1.29, 1.82) is 0 Å². The minimum Gasteiger partial charge on any atom is -0.426 e. The molecule has 1 atom stereocenters. The first-order chi connectivity index (χ1) is 9.87. The molecule has 0 radical (unpaired) electrons. The Kier molecular flexibility index (Phi) is 5.42. The van der Waals surface area contributed by atoms with Gasteiger partial charge < -0.3 is 9.94 Å². The largest absolute Gasteiger partial charge is 0.426 e. The predicted octanol–water partition coefficient (Wildman–Crippen LogP) is 4.25. The molecule has 4 nitrogen and oxygen atoms in total. The van der Waals surface area contributed by atoms with Crippen molar-refractivity contribution in [3.05, 3.63) is 28.8 Å². The Morgan fingerprint density at radius 2 is 1.50 bits per heavy atom. The SMILES string of the molecule is CC(=O)Oc1c(C(C)(C)C)cc(C(C)NO)cc1C(C)(C)C. The van der Waals surface area contributed by atoms with Crippen LogP contribution in [0.15, 0.2) is 12.1 Å². The van der Waals surface area contributed by atoms with Crippen molar-refractivity contribution in [2.24, 2.45) is 0 Å². The second-order valence-electron chi connectivity index (χ2n) is 7.89. The van der Waals surface area contributed by atoms with Crippen LogP contribution in [0.25, 0.3) is 0 Å². The van der Waals surface area contributed by atoms with E-state index in [1.807, 2.05) is 19.1 Å². The highest BCUT2D eigenvalue weighted by Crippen LogP contribution is 2.41. The van der Waals surface area contributed by atoms with Gasteiger partial charge in [0, 0.05) is 18.1 Å².